The van der Waals surface area contributed by atoms with Gasteiger partial charge in [0, 0.05) is 28.7 Å². The fraction of sp³-hybridized carbons (Fsp3) is 0.217. The van der Waals surface area contributed by atoms with Crippen LogP contribution in [0.2, 0.25) is 5.02 Å². The van der Waals surface area contributed by atoms with Gasteiger partial charge in [-0.1, -0.05) is 23.7 Å². The maximum Gasteiger partial charge on any atom is 0.250 e. The molecule has 5 nitrogen and oxygen atoms in total. The van der Waals surface area contributed by atoms with Crippen molar-refractivity contribution in [3.8, 4) is 0 Å². The zero-order valence-electron chi connectivity index (χ0n) is 16.1. The minimum absolute atomic E-state index is 0.172. The van der Waals surface area contributed by atoms with Crippen LogP contribution in [0, 0.1) is 11.7 Å². The predicted molar refractivity (Wildman–Crippen MR) is 110 cm³/mol. The van der Waals surface area contributed by atoms with Crippen molar-refractivity contribution in [1.29, 1.82) is 0 Å². The Hall–Kier alpha value is -2.96. The topological polar surface area (TPSA) is 62.6 Å². The van der Waals surface area contributed by atoms with Crippen LogP contribution in [-0.4, -0.2) is 30.2 Å². The zero-order valence-corrected chi connectivity index (χ0v) is 16.8. The van der Waals surface area contributed by atoms with Gasteiger partial charge in [0.15, 0.2) is 5.76 Å². The van der Waals surface area contributed by atoms with Crippen LogP contribution in [0.5, 0.6) is 0 Å². The summed E-state index contributed by atoms with van der Waals surface area (Å²) in [4.78, 5) is 28.9. The second-order valence-corrected chi connectivity index (χ2v) is 8.20. The molecule has 0 radical (unpaired) electrons. The Balaban J connectivity index is 1.74. The first-order valence-corrected chi connectivity index (χ1v) is 9.96. The van der Waals surface area contributed by atoms with Gasteiger partial charge in [-0.15, -0.1) is 0 Å². The number of anilines is 1. The van der Waals surface area contributed by atoms with E-state index in [0.29, 0.717) is 22.8 Å². The lowest BCUT2D eigenvalue weighted by Gasteiger charge is -2.35. The van der Waals surface area contributed by atoms with Gasteiger partial charge in [-0.2, -0.15) is 0 Å². The van der Waals surface area contributed by atoms with Crippen LogP contribution in [0.3, 0.4) is 0 Å². The molecule has 1 aromatic heterocycles. The number of likely N-dealkylation sites (tertiary alicyclic amines) is 1. The summed E-state index contributed by atoms with van der Waals surface area (Å²) >= 11 is 6.06. The molecular weight excluding hydrogens is 407 g/mol. The number of carbonyl (C=O) groups excluding carboxylic acids is 2. The number of nitrogens with one attached hydrogen (secondary N) is 1. The van der Waals surface area contributed by atoms with Crippen molar-refractivity contribution >= 4 is 29.0 Å². The van der Waals surface area contributed by atoms with E-state index in [9.17, 15) is 14.0 Å². The predicted octanol–water partition coefficient (Wildman–Crippen LogP) is 4.45. The highest BCUT2D eigenvalue weighted by molar-refractivity contribution is 6.30. The number of carbonyl (C=O) groups is 2. The molecule has 2 aliphatic heterocycles. The molecule has 3 heterocycles. The Kier molecular flexibility index (Phi) is 4.31. The van der Waals surface area contributed by atoms with Crippen LogP contribution in [0.4, 0.5) is 10.1 Å². The molecule has 2 aliphatic rings. The lowest BCUT2D eigenvalue weighted by molar-refractivity contribution is -0.126. The molecule has 2 aromatic carbocycles. The monoisotopic (exact) mass is 424 g/mol. The van der Waals surface area contributed by atoms with E-state index in [1.807, 2.05) is 17.0 Å². The maximum atomic E-state index is 14.2. The van der Waals surface area contributed by atoms with Gasteiger partial charge in [-0.05, 0) is 55.1 Å². The van der Waals surface area contributed by atoms with Crippen molar-refractivity contribution < 1.29 is 18.4 Å². The summed E-state index contributed by atoms with van der Waals surface area (Å²) in [7, 11) is 1.79. The largest absolute Gasteiger partial charge is 0.461 e. The molecule has 30 heavy (non-hydrogen) atoms. The summed E-state index contributed by atoms with van der Waals surface area (Å²) < 4.78 is 19.6. The average molecular weight is 425 g/mol. The van der Waals surface area contributed by atoms with Crippen molar-refractivity contribution in [1.82, 2.24) is 4.90 Å². The Morgan fingerprint density at radius 2 is 2.00 bits per heavy atom. The molecule has 1 fully saturated rings. The average Bonchev–Trinajstić information content (AvgIpc) is 3.42. The third kappa shape index (κ3) is 2.57. The van der Waals surface area contributed by atoms with Gasteiger partial charge in [-0.3, -0.25) is 14.5 Å². The van der Waals surface area contributed by atoms with E-state index in [1.54, 1.807) is 31.3 Å². The molecule has 1 amide bonds. The highest BCUT2D eigenvalue weighted by Crippen LogP contribution is 2.55. The van der Waals surface area contributed by atoms with Gasteiger partial charge in [0.1, 0.15) is 11.4 Å². The van der Waals surface area contributed by atoms with Crippen molar-refractivity contribution in [3.63, 3.8) is 0 Å². The van der Waals surface area contributed by atoms with Gasteiger partial charge in [-0.25, -0.2) is 4.39 Å². The number of benzene rings is 2. The lowest BCUT2D eigenvalue weighted by Crippen LogP contribution is -2.51. The van der Waals surface area contributed by atoms with E-state index in [1.165, 1.54) is 24.5 Å². The number of ketones is 1. The van der Waals surface area contributed by atoms with Crippen molar-refractivity contribution in [3.05, 3.63) is 88.6 Å². The molecule has 0 bridgehead atoms. The van der Waals surface area contributed by atoms with Gasteiger partial charge in [0.05, 0.1) is 12.2 Å². The van der Waals surface area contributed by atoms with E-state index in [-0.39, 0.29) is 23.4 Å². The van der Waals surface area contributed by atoms with Gasteiger partial charge >= 0.3 is 0 Å². The number of rotatable bonds is 3. The Morgan fingerprint density at radius 3 is 2.70 bits per heavy atom. The fourth-order valence-corrected chi connectivity index (χ4v) is 5.12. The van der Waals surface area contributed by atoms with Gasteiger partial charge in [0.25, 0.3) is 0 Å². The molecule has 1 saturated heterocycles. The highest BCUT2D eigenvalue weighted by atomic mass is 35.5. The van der Waals surface area contributed by atoms with Crippen LogP contribution in [0.25, 0.3) is 0 Å². The normalized spacial score (nSPS) is 25.5. The molecule has 3 aromatic rings. The first-order valence-electron chi connectivity index (χ1n) is 9.59. The van der Waals surface area contributed by atoms with Crippen molar-refractivity contribution in [2.24, 2.45) is 5.92 Å². The second-order valence-electron chi connectivity index (χ2n) is 7.77. The number of fused-ring (bicyclic) bond motifs is 2. The lowest BCUT2D eigenvalue weighted by atomic mass is 9.71. The molecule has 0 saturated carbocycles. The molecule has 7 heteroatoms. The first kappa shape index (κ1) is 19.0. The number of nitrogens with zero attached hydrogens (tertiary/aromatic N) is 1. The van der Waals surface area contributed by atoms with Crippen LogP contribution >= 0.6 is 11.6 Å². The number of furan rings is 1. The molecule has 0 unspecified atom stereocenters. The standard InChI is InChI=1S/C23H18ClFN2O3/c1-27-12-16(13-4-6-14(24)7-5-13)20(21(28)19-3-2-10-30-19)23(27)17-11-15(25)8-9-18(17)26-22(23)29/h2-11,16,20H,12H2,1H3,(H,26,29)/t16-,20-,23+/m1/s1. The van der Waals surface area contributed by atoms with Crippen molar-refractivity contribution in [2.45, 2.75) is 11.5 Å². The molecule has 0 aliphatic carbocycles. The second kappa shape index (κ2) is 6.79. The summed E-state index contributed by atoms with van der Waals surface area (Å²) in [5, 5.41) is 3.43. The summed E-state index contributed by atoms with van der Waals surface area (Å²) in [6.07, 6.45) is 1.43. The number of hydrogen-bond acceptors (Lipinski definition) is 4. The highest BCUT2D eigenvalue weighted by Gasteiger charge is 2.64. The van der Waals surface area contributed by atoms with E-state index in [0.717, 1.165) is 5.56 Å². The van der Waals surface area contributed by atoms with Gasteiger partial charge in [0.2, 0.25) is 11.7 Å². The van der Waals surface area contributed by atoms with Crippen LogP contribution in [0.1, 0.15) is 27.6 Å². The van der Waals surface area contributed by atoms with E-state index in [2.05, 4.69) is 5.32 Å². The maximum absolute atomic E-state index is 14.2. The minimum atomic E-state index is -1.34. The molecule has 3 atom stereocenters. The fourth-order valence-electron chi connectivity index (χ4n) is 4.99. The Bertz CT molecular complexity index is 1150. The number of Topliss-reactive ketones (excluding diaryl/α,β-unsaturated/α-hetero) is 1. The Morgan fingerprint density at radius 1 is 1.23 bits per heavy atom. The molecule has 5 rings (SSSR count). The first-order chi connectivity index (χ1) is 14.4. The number of likely N-dealkylation sites (N-methyl/N-ethyl adjacent to an activating group) is 1. The van der Waals surface area contributed by atoms with Crippen LogP contribution in [0.15, 0.2) is 65.3 Å². The third-order valence-electron chi connectivity index (χ3n) is 6.26. The SMILES string of the molecule is CN1C[C@H](c2ccc(Cl)cc2)[C@H](C(=O)c2ccco2)[C@@]12C(=O)Nc1ccc(F)cc12. The third-order valence-corrected chi connectivity index (χ3v) is 6.51. The summed E-state index contributed by atoms with van der Waals surface area (Å²) in [5.74, 6) is -2.05. The molecule has 1 spiro atoms. The smallest absolute Gasteiger partial charge is 0.250 e. The van der Waals surface area contributed by atoms with E-state index >= 15 is 0 Å². The van der Waals surface area contributed by atoms with Crippen molar-refractivity contribution in [2.75, 3.05) is 18.9 Å². The number of hydrogen-bond donors (Lipinski definition) is 1. The molecule has 1 N–H and O–H groups in total. The summed E-state index contributed by atoms with van der Waals surface area (Å²) in [6, 6.07) is 14.7. The summed E-state index contributed by atoms with van der Waals surface area (Å²) in [5.41, 5.74) is 0.523. The Labute approximate surface area is 177 Å². The molecular formula is C23H18ClFN2O3. The molecule has 152 valence electrons. The van der Waals surface area contributed by atoms with Gasteiger partial charge < -0.3 is 9.73 Å². The quantitative estimate of drug-likeness (QED) is 0.631. The van der Waals surface area contributed by atoms with E-state index in [4.69, 9.17) is 16.0 Å². The number of amides is 1. The zero-order chi connectivity index (χ0) is 21.0. The van der Waals surface area contributed by atoms with Crippen LogP contribution in [-0.2, 0) is 10.3 Å². The minimum Gasteiger partial charge on any atom is -0.461 e. The summed E-state index contributed by atoms with van der Waals surface area (Å²) in [6.45, 7) is 0.433. The van der Waals surface area contributed by atoms with Crippen LogP contribution < -0.4 is 5.32 Å². The number of halogens is 2. The van der Waals surface area contributed by atoms with E-state index < -0.39 is 17.3 Å².